The lowest BCUT2D eigenvalue weighted by atomic mass is 10.1. The maximum atomic E-state index is 8.77. The number of aliphatic hydroxyl groups excluding tert-OH is 1. The third-order valence-corrected chi connectivity index (χ3v) is 2.45. The number of nitrogens with one attached hydrogen (secondary N) is 1. The van der Waals surface area contributed by atoms with Crippen LogP contribution in [0.2, 0.25) is 0 Å². The van der Waals surface area contributed by atoms with Crippen LogP contribution in [0.4, 0.5) is 0 Å². The molecule has 0 atom stereocenters. The molecule has 18 heavy (non-hydrogen) atoms. The highest BCUT2D eigenvalue weighted by Gasteiger charge is 2.10. The molecule has 1 aromatic carbocycles. The fourth-order valence-corrected chi connectivity index (χ4v) is 1.58. The number of benzene rings is 1. The van der Waals surface area contributed by atoms with Gasteiger partial charge in [-0.05, 0) is 12.0 Å². The molecule has 0 aliphatic heterocycles. The summed E-state index contributed by atoms with van der Waals surface area (Å²) in [5.74, 6) is 2.01. The predicted molar refractivity (Wildman–Crippen MR) is 72.1 cm³/mol. The largest absolute Gasteiger partial charge is 0.493 e. The highest BCUT2D eigenvalue weighted by atomic mass is 16.5. The van der Waals surface area contributed by atoms with Gasteiger partial charge in [0.25, 0.3) is 0 Å². The SMILES string of the molecule is COc1cccc(CNCCO)c1OCC(C)C. The van der Waals surface area contributed by atoms with Crippen LogP contribution < -0.4 is 14.8 Å². The summed E-state index contributed by atoms with van der Waals surface area (Å²) in [5, 5.41) is 11.9. The predicted octanol–water partition coefficient (Wildman–Crippen LogP) is 1.81. The lowest BCUT2D eigenvalue weighted by molar-refractivity contribution is 0.253. The molecular formula is C14H23NO3. The van der Waals surface area contributed by atoms with Crippen LogP contribution in [0.5, 0.6) is 11.5 Å². The van der Waals surface area contributed by atoms with Gasteiger partial charge in [0.1, 0.15) is 0 Å². The van der Waals surface area contributed by atoms with Crippen LogP contribution in [0.25, 0.3) is 0 Å². The van der Waals surface area contributed by atoms with Gasteiger partial charge in [0, 0.05) is 18.7 Å². The van der Waals surface area contributed by atoms with Gasteiger partial charge in [-0.1, -0.05) is 26.0 Å². The highest BCUT2D eigenvalue weighted by Crippen LogP contribution is 2.31. The molecule has 0 radical (unpaired) electrons. The van der Waals surface area contributed by atoms with Gasteiger partial charge < -0.3 is 19.9 Å². The summed E-state index contributed by atoms with van der Waals surface area (Å²) in [7, 11) is 1.64. The number of hydrogen-bond acceptors (Lipinski definition) is 4. The first-order valence-electron chi connectivity index (χ1n) is 6.29. The molecule has 0 bridgehead atoms. The van der Waals surface area contributed by atoms with Gasteiger partial charge >= 0.3 is 0 Å². The molecule has 0 aromatic heterocycles. The van der Waals surface area contributed by atoms with E-state index >= 15 is 0 Å². The second-order valence-corrected chi connectivity index (χ2v) is 4.55. The van der Waals surface area contributed by atoms with E-state index in [2.05, 4.69) is 19.2 Å². The summed E-state index contributed by atoms with van der Waals surface area (Å²) >= 11 is 0. The molecular weight excluding hydrogens is 230 g/mol. The minimum absolute atomic E-state index is 0.131. The molecule has 0 aliphatic rings. The van der Waals surface area contributed by atoms with Crippen molar-refractivity contribution in [1.82, 2.24) is 5.32 Å². The van der Waals surface area contributed by atoms with E-state index in [1.807, 2.05) is 18.2 Å². The molecule has 0 saturated carbocycles. The minimum atomic E-state index is 0.131. The third kappa shape index (κ3) is 4.55. The minimum Gasteiger partial charge on any atom is -0.493 e. The molecule has 0 spiro atoms. The van der Waals surface area contributed by atoms with Gasteiger partial charge in [0.15, 0.2) is 11.5 Å². The Labute approximate surface area is 109 Å². The zero-order chi connectivity index (χ0) is 13.4. The standard InChI is InChI=1S/C14H23NO3/c1-11(2)10-18-14-12(9-15-7-8-16)5-4-6-13(14)17-3/h4-6,11,15-16H,7-10H2,1-3H3. The quantitative estimate of drug-likeness (QED) is 0.694. The van der Waals surface area contributed by atoms with Crippen LogP contribution in [-0.2, 0) is 6.54 Å². The van der Waals surface area contributed by atoms with E-state index in [4.69, 9.17) is 14.6 Å². The summed E-state index contributed by atoms with van der Waals surface area (Å²) in [6.45, 7) is 6.24. The van der Waals surface area contributed by atoms with Gasteiger partial charge in [-0.15, -0.1) is 0 Å². The molecule has 4 nitrogen and oxygen atoms in total. The number of ether oxygens (including phenoxy) is 2. The fourth-order valence-electron chi connectivity index (χ4n) is 1.58. The van der Waals surface area contributed by atoms with Crippen LogP contribution in [0, 0.1) is 5.92 Å². The summed E-state index contributed by atoms with van der Waals surface area (Å²) in [6.07, 6.45) is 0. The molecule has 0 fully saturated rings. The smallest absolute Gasteiger partial charge is 0.165 e. The van der Waals surface area contributed by atoms with Crippen LogP contribution in [0.15, 0.2) is 18.2 Å². The molecule has 102 valence electrons. The van der Waals surface area contributed by atoms with E-state index in [9.17, 15) is 0 Å². The van der Waals surface area contributed by atoms with Crippen LogP contribution in [-0.4, -0.2) is 32.0 Å². The summed E-state index contributed by atoms with van der Waals surface area (Å²) in [4.78, 5) is 0. The van der Waals surface area contributed by atoms with E-state index in [1.54, 1.807) is 7.11 Å². The van der Waals surface area contributed by atoms with Gasteiger partial charge in [0.2, 0.25) is 0 Å². The van der Waals surface area contributed by atoms with Crippen molar-refractivity contribution in [2.24, 2.45) is 5.92 Å². The first kappa shape index (κ1) is 14.8. The Morgan fingerprint density at radius 1 is 1.33 bits per heavy atom. The van der Waals surface area contributed by atoms with Crippen molar-refractivity contribution in [2.45, 2.75) is 20.4 Å². The van der Waals surface area contributed by atoms with Crippen molar-refractivity contribution in [3.8, 4) is 11.5 Å². The molecule has 0 aliphatic carbocycles. The summed E-state index contributed by atoms with van der Waals surface area (Å²) in [5.41, 5.74) is 1.04. The average Bonchev–Trinajstić information content (AvgIpc) is 2.37. The number of hydrogen-bond donors (Lipinski definition) is 2. The summed E-state index contributed by atoms with van der Waals surface area (Å²) < 4.78 is 11.1. The molecule has 0 saturated heterocycles. The Hall–Kier alpha value is -1.26. The van der Waals surface area contributed by atoms with Crippen molar-refractivity contribution < 1.29 is 14.6 Å². The number of methoxy groups -OCH3 is 1. The monoisotopic (exact) mass is 253 g/mol. The number of rotatable bonds is 8. The van der Waals surface area contributed by atoms with Crippen molar-refractivity contribution in [3.05, 3.63) is 23.8 Å². The Morgan fingerprint density at radius 3 is 2.72 bits per heavy atom. The fraction of sp³-hybridized carbons (Fsp3) is 0.571. The Bertz CT molecular complexity index is 353. The Kier molecular flexibility index (Phi) is 6.54. The lowest BCUT2D eigenvalue weighted by Gasteiger charge is -2.16. The van der Waals surface area contributed by atoms with Gasteiger partial charge in [-0.3, -0.25) is 0 Å². The molecule has 0 unspecified atom stereocenters. The van der Waals surface area contributed by atoms with Gasteiger partial charge in [-0.2, -0.15) is 0 Å². The van der Waals surface area contributed by atoms with Crippen molar-refractivity contribution in [1.29, 1.82) is 0 Å². The molecule has 1 aromatic rings. The average molecular weight is 253 g/mol. The zero-order valence-corrected chi connectivity index (χ0v) is 11.4. The highest BCUT2D eigenvalue weighted by molar-refractivity contribution is 5.46. The zero-order valence-electron chi connectivity index (χ0n) is 11.4. The maximum Gasteiger partial charge on any atom is 0.165 e. The van der Waals surface area contributed by atoms with Gasteiger partial charge in [0.05, 0.1) is 20.3 Å². The first-order valence-corrected chi connectivity index (χ1v) is 6.29. The molecule has 2 N–H and O–H groups in total. The Morgan fingerprint density at radius 2 is 2.11 bits per heavy atom. The van der Waals surface area contributed by atoms with E-state index in [0.717, 1.165) is 17.1 Å². The molecule has 1 rings (SSSR count). The van der Waals surface area contributed by atoms with Crippen molar-refractivity contribution >= 4 is 0 Å². The van der Waals surface area contributed by atoms with Crippen LogP contribution >= 0.6 is 0 Å². The van der Waals surface area contributed by atoms with Crippen LogP contribution in [0.3, 0.4) is 0 Å². The first-order chi connectivity index (χ1) is 8.69. The van der Waals surface area contributed by atoms with Crippen LogP contribution in [0.1, 0.15) is 19.4 Å². The molecule has 4 heteroatoms. The third-order valence-electron chi connectivity index (χ3n) is 2.45. The number of aliphatic hydroxyl groups is 1. The molecule has 0 heterocycles. The maximum absolute atomic E-state index is 8.77. The van der Waals surface area contributed by atoms with E-state index in [0.29, 0.717) is 25.6 Å². The van der Waals surface area contributed by atoms with Gasteiger partial charge in [-0.25, -0.2) is 0 Å². The van der Waals surface area contributed by atoms with E-state index in [-0.39, 0.29) is 6.61 Å². The second-order valence-electron chi connectivity index (χ2n) is 4.55. The Balaban J connectivity index is 2.79. The van der Waals surface area contributed by atoms with E-state index in [1.165, 1.54) is 0 Å². The lowest BCUT2D eigenvalue weighted by Crippen LogP contribution is -2.18. The summed E-state index contributed by atoms with van der Waals surface area (Å²) in [6, 6.07) is 5.84. The van der Waals surface area contributed by atoms with Crippen molar-refractivity contribution in [2.75, 3.05) is 26.9 Å². The topological polar surface area (TPSA) is 50.7 Å². The van der Waals surface area contributed by atoms with Crippen molar-refractivity contribution in [3.63, 3.8) is 0 Å². The normalized spacial score (nSPS) is 10.7. The number of para-hydroxylation sites is 1. The molecule has 0 amide bonds. The van der Waals surface area contributed by atoms with E-state index < -0.39 is 0 Å². The second kappa shape index (κ2) is 7.95.